The third-order valence-electron chi connectivity index (χ3n) is 1.14. The van der Waals surface area contributed by atoms with Crippen LogP contribution in [0.1, 0.15) is 12.8 Å². The first-order valence-electron chi connectivity index (χ1n) is 2.62. The second-order valence-corrected chi connectivity index (χ2v) is 3.55. The molecule has 0 atom stereocenters. The van der Waals surface area contributed by atoms with Gasteiger partial charge in [0.05, 0.1) is 10.1 Å². The maximum absolute atomic E-state index is 5.75. The average Bonchev–Trinajstić information content (AvgIpc) is 1.83. The van der Waals surface area contributed by atoms with Gasteiger partial charge in [-0.3, -0.25) is 0 Å². The van der Waals surface area contributed by atoms with Crippen molar-refractivity contribution in [1.82, 2.24) is 0 Å². The predicted octanol–water partition coefficient (Wildman–Crippen LogP) is 3.75. The van der Waals surface area contributed by atoms with E-state index in [2.05, 4.69) is 15.9 Å². The molecule has 0 aromatic carbocycles. The van der Waals surface area contributed by atoms with Crippen LogP contribution in [0.25, 0.3) is 0 Å². The van der Waals surface area contributed by atoms with E-state index in [1.807, 2.05) is 6.08 Å². The Bertz CT molecular complexity index is 181. The summed E-state index contributed by atoms with van der Waals surface area (Å²) < 4.78 is 1.01. The van der Waals surface area contributed by atoms with E-state index >= 15 is 0 Å². The fourth-order valence-electron chi connectivity index (χ4n) is 0.655. The number of hydrogen-bond acceptors (Lipinski definition) is 0. The van der Waals surface area contributed by atoms with E-state index in [4.69, 9.17) is 23.2 Å². The molecule has 0 aromatic rings. The molecule has 3 heteroatoms. The Morgan fingerprint density at radius 3 is 2.56 bits per heavy atom. The molecule has 0 heterocycles. The molecule has 50 valence electrons. The summed E-state index contributed by atoms with van der Waals surface area (Å²) in [5.74, 6) is 0. The van der Waals surface area contributed by atoms with E-state index in [-0.39, 0.29) is 0 Å². The molecule has 0 aliphatic heterocycles. The molecular formula is C6H5BrCl2. The summed E-state index contributed by atoms with van der Waals surface area (Å²) in [6, 6.07) is 0. The number of hydrogen-bond donors (Lipinski definition) is 0. The van der Waals surface area contributed by atoms with Crippen molar-refractivity contribution >= 4 is 39.1 Å². The summed E-state index contributed by atoms with van der Waals surface area (Å²) in [4.78, 5) is 0. The molecular weight excluding hydrogens is 223 g/mol. The second kappa shape index (κ2) is 3.09. The van der Waals surface area contributed by atoms with Gasteiger partial charge in [0.25, 0.3) is 0 Å². The number of halogens is 3. The van der Waals surface area contributed by atoms with Gasteiger partial charge in [0, 0.05) is 4.48 Å². The molecule has 0 bridgehead atoms. The third kappa shape index (κ3) is 1.73. The first kappa shape index (κ1) is 7.64. The van der Waals surface area contributed by atoms with E-state index in [0.717, 1.165) is 17.3 Å². The van der Waals surface area contributed by atoms with Crippen molar-refractivity contribution in [2.24, 2.45) is 0 Å². The molecule has 1 rings (SSSR count). The van der Waals surface area contributed by atoms with E-state index in [1.54, 1.807) is 0 Å². The third-order valence-corrected chi connectivity index (χ3v) is 3.03. The van der Waals surface area contributed by atoms with Gasteiger partial charge >= 0.3 is 0 Å². The Kier molecular flexibility index (Phi) is 2.62. The van der Waals surface area contributed by atoms with Gasteiger partial charge in [-0.2, -0.15) is 0 Å². The van der Waals surface area contributed by atoms with Crippen molar-refractivity contribution in [3.05, 3.63) is 20.6 Å². The van der Waals surface area contributed by atoms with Gasteiger partial charge in [0.2, 0.25) is 0 Å². The van der Waals surface area contributed by atoms with Crippen LogP contribution >= 0.6 is 39.1 Å². The Morgan fingerprint density at radius 1 is 1.44 bits per heavy atom. The van der Waals surface area contributed by atoms with Crippen molar-refractivity contribution in [1.29, 1.82) is 0 Å². The molecule has 0 unspecified atom stereocenters. The van der Waals surface area contributed by atoms with Crippen LogP contribution in [0, 0.1) is 0 Å². The highest BCUT2D eigenvalue weighted by Gasteiger charge is 2.08. The van der Waals surface area contributed by atoms with E-state index in [9.17, 15) is 0 Å². The monoisotopic (exact) mass is 226 g/mol. The lowest BCUT2D eigenvalue weighted by molar-refractivity contribution is 1.02. The van der Waals surface area contributed by atoms with Gasteiger partial charge in [-0.25, -0.2) is 0 Å². The molecule has 0 aromatic heterocycles. The van der Waals surface area contributed by atoms with Gasteiger partial charge in [-0.1, -0.05) is 45.2 Å². The van der Waals surface area contributed by atoms with Crippen molar-refractivity contribution < 1.29 is 0 Å². The average molecular weight is 228 g/mol. The SMILES string of the molecule is ClC1=CCCC(Br)=C1Cl. The summed E-state index contributed by atoms with van der Waals surface area (Å²) in [6.07, 6.45) is 3.87. The van der Waals surface area contributed by atoms with Gasteiger partial charge < -0.3 is 0 Å². The minimum absolute atomic E-state index is 0.655. The molecule has 1 aliphatic rings. The number of allylic oxidation sites excluding steroid dienone is 4. The molecule has 0 saturated carbocycles. The van der Waals surface area contributed by atoms with E-state index in [1.165, 1.54) is 0 Å². The fourth-order valence-corrected chi connectivity index (χ4v) is 1.61. The lowest BCUT2D eigenvalue weighted by Crippen LogP contribution is -1.86. The zero-order valence-electron chi connectivity index (χ0n) is 4.63. The summed E-state index contributed by atoms with van der Waals surface area (Å²) >= 11 is 14.8. The van der Waals surface area contributed by atoms with Crippen molar-refractivity contribution in [2.75, 3.05) is 0 Å². The van der Waals surface area contributed by atoms with Crippen LogP contribution in [0.5, 0.6) is 0 Å². The maximum atomic E-state index is 5.75. The molecule has 0 amide bonds. The van der Waals surface area contributed by atoms with Crippen LogP contribution in [0.3, 0.4) is 0 Å². The molecule has 0 N–H and O–H groups in total. The topological polar surface area (TPSA) is 0 Å². The summed E-state index contributed by atoms with van der Waals surface area (Å²) in [5, 5.41) is 1.32. The second-order valence-electron chi connectivity index (χ2n) is 1.81. The first-order valence-corrected chi connectivity index (χ1v) is 4.17. The molecule has 0 fully saturated rings. The standard InChI is InChI=1S/C6H5BrCl2/c7-4-2-1-3-5(8)6(4)9/h3H,1-2H2. The van der Waals surface area contributed by atoms with Gasteiger partial charge in [-0.15, -0.1) is 0 Å². The van der Waals surface area contributed by atoms with Gasteiger partial charge in [-0.05, 0) is 12.8 Å². The summed E-state index contributed by atoms with van der Waals surface area (Å²) in [6.45, 7) is 0. The van der Waals surface area contributed by atoms with Gasteiger partial charge in [0.1, 0.15) is 0 Å². The lowest BCUT2D eigenvalue weighted by Gasteiger charge is -2.06. The Hall–Kier alpha value is 0.540. The van der Waals surface area contributed by atoms with Crippen LogP contribution in [0.15, 0.2) is 20.6 Å². The van der Waals surface area contributed by atoms with Crippen molar-refractivity contribution in [3.8, 4) is 0 Å². The Morgan fingerprint density at radius 2 is 2.11 bits per heavy atom. The summed E-state index contributed by atoms with van der Waals surface area (Å²) in [7, 11) is 0. The van der Waals surface area contributed by atoms with Crippen molar-refractivity contribution in [3.63, 3.8) is 0 Å². The maximum Gasteiger partial charge on any atom is 0.0690 e. The minimum Gasteiger partial charge on any atom is -0.0830 e. The lowest BCUT2D eigenvalue weighted by atomic mass is 10.2. The molecule has 0 nitrogen and oxygen atoms in total. The molecule has 1 aliphatic carbocycles. The van der Waals surface area contributed by atoms with Crippen LogP contribution in [-0.4, -0.2) is 0 Å². The largest absolute Gasteiger partial charge is 0.0830 e. The number of rotatable bonds is 0. The van der Waals surface area contributed by atoms with E-state index in [0.29, 0.717) is 10.1 Å². The predicted molar refractivity (Wildman–Crippen MR) is 45.0 cm³/mol. The van der Waals surface area contributed by atoms with Crippen LogP contribution in [-0.2, 0) is 0 Å². The molecule has 0 saturated heterocycles. The van der Waals surface area contributed by atoms with Crippen LogP contribution in [0.4, 0.5) is 0 Å². The zero-order chi connectivity index (χ0) is 6.85. The molecule has 9 heavy (non-hydrogen) atoms. The minimum atomic E-state index is 0.655. The zero-order valence-corrected chi connectivity index (χ0v) is 7.72. The van der Waals surface area contributed by atoms with Crippen LogP contribution < -0.4 is 0 Å². The Labute approximate surface area is 72.7 Å². The first-order chi connectivity index (χ1) is 4.22. The highest BCUT2D eigenvalue weighted by molar-refractivity contribution is 9.11. The summed E-state index contributed by atoms with van der Waals surface area (Å²) in [5.41, 5.74) is 0. The van der Waals surface area contributed by atoms with E-state index < -0.39 is 0 Å². The van der Waals surface area contributed by atoms with Crippen LogP contribution in [0.2, 0.25) is 0 Å². The quantitative estimate of drug-likeness (QED) is 0.592. The van der Waals surface area contributed by atoms with Gasteiger partial charge in [0.15, 0.2) is 0 Å². The highest BCUT2D eigenvalue weighted by atomic mass is 79.9. The normalized spacial score (nSPS) is 20.1. The highest BCUT2D eigenvalue weighted by Crippen LogP contribution is 2.33. The van der Waals surface area contributed by atoms with Crippen molar-refractivity contribution in [2.45, 2.75) is 12.8 Å². The Balaban J connectivity index is 2.88. The fraction of sp³-hybridized carbons (Fsp3) is 0.333. The molecule has 0 spiro atoms. The molecule has 0 radical (unpaired) electrons. The smallest absolute Gasteiger partial charge is 0.0690 e.